The van der Waals surface area contributed by atoms with Crippen LogP contribution in [0.3, 0.4) is 0 Å². The van der Waals surface area contributed by atoms with Crippen molar-refractivity contribution in [2.75, 3.05) is 4.90 Å². The number of rotatable bonds is 8. The molecule has 12 rings (SSSR count). The van der Waals surface area contributed by atoms with Crippen LogP contribution in [0.4, 0.5) is 17.1 Å². The first-order valence-electron chi connectivity index (χ1n) is 22.2. The average Bonchev–Trinajstić information content (AvgIpc) is 3.69. The summed E-state index contributed by atoms with van der Waals surface area (Å²) in [7, 11) is 0. The third kappa shape index (κ3) is 6.08. The quantitative estimate of drug-likeness (QED) is 0.138. The van der Waals surface area contributed by atoms with E-state index < -0.39 is 5.41 Å². The molecule has 0 heterocycles. The van der Waals surface area contributed by atoms with E-state index in [1.807, 2.05) is 0 Å². The van der Waals surface area contributed by atoms with E-state index in [0.717, 1.165) is 22.6 Å². The number of hydrogen-bond donors (Lipinski definition) is 0. The van der Waals surface area contributed by atoms with Crippen molar-refractivity contribution in [2.24, 2.45) is 0 Å². The molecule has 0 spiro atoms. The molecule has 1 aliphatic rings. The summed E-state index contributed by atoms with van der Waals surface area (Å²) in [5.74, 6) is 0. The Morgan fingerprint density at radius 3 is 1.53 bits per heavy atom. The summed E-state index contributed by atoms with van der Waals surface area (Å²) in [6, 6.07) is 95.8. The molecule has 11 aromatic carbocycles. The maximum absolute atomic E-state index is 2.47. The molecule has 1 heteroatoms. The number of hydrogen-bond acceptors (Lipinski definition) is 1. The van der Waals surface area contributed by atoms with Crippen LogP contribution in [-0.2, 0) is 5.41 Å². The summed E-state index contributed by atoms with van der Waals surface area (Å²) in [5, 5.41) is 5.09. The highest BCUT2D eigenvalue weighted by Crippen LogP contribution is 2.59. The van der Waals surface area contributed by atoms with Gasteiger partial charge in [-0.05, 0) is 119 Å². The Labute approximate surface area is 374 Å². The molecule has 1 aliphatic carbocycles. The molecule has 0 aliphatic heterocycles. The summed E-state index contributed by atoms with van der Waals surface area (Å²) in [6.45, 7) is 0. The normalized spacial score (nSPS) is 12.5. The van der Waals surface area contributed by atoms with Crippen LogP contribution < -0.4 is 4.90 Å². The second-order valence-electron chi connectivity index (χ2n) is 16.8. The summed E-state index contributed by atoms with van der Waals surface area (Å²) in [5.41, 5.74) is 17.6. The maximum Gasteiger partial charge on any atom is 0.0714 e. The van der Waals surface area contributed by atoms with Crippen molar-refractivity contribution in [3.8, 4) is 44.5 Å². The van der Waals surface area contributed by atoms with Crippen molar-refractivity contribution in [2.45, 2.75) is 5.41 Å². The zero-order chi connectivity index (χ0) is 42.5. The van der Waals surface area contributed by atoms with Crippen molar-refractivity contribution >= 4 is 38.6 Å². The number of benzene rings is 11. The van der Waals surface area contributed by atoms with E-state index in [4.69, 9.17) is 0 Å². The fraction of sp³-hybridized carbons (Fsp3) is 0.0159. The van der Waals surface area contributed by atoms with Crippen LogP contribution in [0, 0.1) is 0 Å². The topological polar surface area (TPSA) is 3.24 Å². The molecule has 300 valence electrons. The molecule has 0 N–H and O–H groups in total. The predicted molar refractivity (Wildman–Crippen MR) is 270 cm³/mol. The van der Waals surface area contributed by atoms with Gasteiger partial charge in [-0.3, -0.25) is 0 Å². The molecule has 0 aromatic heterocycles. The van der Waals surface area contributed by atoms with E-state index in [1.54, 1.807) is 0 Å². The Morgan fingerprint density at radius 2 is 0.797 bits per heavy atom. The van der Waals surface area contributed by atoms with Crippen molar-refractivity contribution in [3.05, 3.63) is 283 Å². The monoisotopic (exact) mass is 813 g/mol. The fourth-order valence-corrected chi connectivity index (χ4v) is 10.5. The zero-order valence-corrected chi connectivity index (χ0v) is 35.3. The smallest absolute Gasteiger partial charge is 0.0714 e. The summed E-state index contributed by atoms with van der Waals surface area (Å²) in [4.78, 5) is 2.47. The lowest BCUT2D eigenvalue weighted by molar-refractivity contribution is 0.768. The lowest BCUT2D eigenvalue weighted by Gasteiger charge is -2.34. The molecule has 64 heavy (non-hydrogen) atoms. The Bertz CT molecular complexity index is 3420. The number of fused-ring (bicyclic) bond motifs is 6. The minimum absolute atomic E-state index is 0.507. The predicted octanol–water partition coefficient (Wildman–Crippen LogP) is 16.8. The minimum atomic E-state index is -0.507. The molecule has 0 saturated heterocycles. The van der Waals surface area contributed by atoms with Gasteiger partial charge in [-0.1, -0.05) is 224 Å². The number of nitrogens with zero attached hydrogens (tertiary/aromatic N) is 1. The molecule has 0 fully saturated rings. The molecular formula is C63H43N. The third-order valence-corrected chi connectivity index (χ3v) is 13.3. The van der Waals surface area contributed by atoms with Gasteiger partial charge >= 0.3 is 0 Å². The molecule has 1 nitrogen and oxygen atoms in total. The Hall–Kier alpha value is -8.26. The second-order valence-corrected chi connectivity index (χ2v) is 16.8. The van der Waals surface area contributed by atoms with Gasteiger partial charge < -0.3 is 4.90 Å². The largest absolute Gasteiger partial charge is 0.310 e. The van der Waals surface area contributed by atoms with Gasteiger partial charge in [0, 0.05) is 16.9 Å². The van der Waals surface area contributed by atoms with Gasteiger partial charge in [0.2, 0.25) is 0 Å². The van der Waals surface area contributed by atoms with Crippen LogP contribution in [-0.4, -0.2) is 0 Å². The van der Waals surface area contributed by atoms with Crippen LogP contribution in [0.1, 0.15) is 22.3 Å². The lowest BCUT2D eigenvalue weighted by atomic mass is 9.68. The van der Waals surface area contributed by atoms with Gasteiger partial charge in [0.05, 0.1) is 11.1 Å². The van der Waals surface area contributed by atoms with E-state index in [9.17, 15) is 0 Å². The van der Waals surface area contributed by atoms with E-state index >= 15 is 0 Å². The van der Waals surface area contributed by atoms with Crippen molar-refractivity contribution in [1.29, 1.82) is 0 Å². The molecule has 0 amide bonds. The van der Waals surface area contributed by atoms with Gasteiger partial charge in [-0.15, -0.1) is 0 Å². The van der Waals surface area contributed by atoms with Gasteiger partial charge in [-0.2, -0.15) is 0 Å². The molecule has 0 saturated carbocycles. The first kappa shape index (κ1) is 37.5. The maximum atomic E-state index is 2.47. The molecule has 11 aromatic rings. The first-order valence-corrected chi connectivity index (χ1v) is 22.2. The molecule has 0 atom stereocenters. The van der Waals surface area contributed by atoms with Gasteiger partial charge in [0.1, 0.15) is 0 Å². The summed E-state index contributed by atoms with van der Waals surface area (Å²) >= 11 is 0. The highest BCUT2D eigenvalue weighted by molar-refractivity contribution is 6.13. The van der Waals surface area contributed by atoms with Crippen molar-refractivity contribution in [3.63, 3.8) is 0 Å². The molecular weight excluding hydrogens is 771 g/mol. The SMILES string of the molecule is c1ccc(-c2ccc(N(c3cccc(-c4ccc(-c5cc6ccccc6c6ccccc56)cc4)c3)c3cccc4c3-c3ccccc3C4(c3ccccc3)c3ccccc3)cc2)cc1. The van der Waals surface area contributed by atoms with Crippen molar-refractivity contribution < 1.29 is 0 Å². The second kappa shape index (κ2) is 15.6. The minimum Gasteiger partial charge on any atom is -0.310 e. The van der Waals surface area contributed by atoms with Crippen LogP contribution in [0.2, 0.25) is 0 Å². The average molecular weight is 814 g/mol. The van der Waals surface area contributed by atoms with Crippen LogP contribution in [0.5, 0.6) is 0 Å². The highest BCUT2D eigenvalue weighted by atomic mass is 15.1. The van der Waals surface area contributed by atoms with E-state index in [0.29, 0.717) is 0 Å². The van der Waals surface area contributed by atoms with E-state index in [1.165, 1.54) is 82.7 Å². The fourth-order valence-electron chi connectivity index (χ4n) is 10.5. The summed E-state index contributed by atoms with van der Waals surface area (Å²) < 4.78 is 0. The van der Waals surface area contributed by atoms with Crippen LogP contribution >= 0.6 is 0 Å². The number of anilines is 3. The Kier molecular flexibility index (Phi) is 9.13. The van der Waals surface area contributed by atoms with Crippen LogP contribution in [0.15, 0.2) is 261 Å². The first-order chi connectivity index (χ1) is 31.8. The molecule has 0 unspecified atom stereocenters. The Balaban J connectivity index is 1.03. The summed E-state index contributed by atoms with van der Waals surface area (Å²) in [6.07, 6.45) is 0. The lowest BCUT2D eigenvalue weighted by Crippen LogP contribution is -2.28. The Morgan fingerprint density at radius 1 is 0.281 bits per heavy atom. The van der Waals surface area contributed by atoms with Crippen LogP contribution in [0.25, 0.3) is 66.1 Å². The molecule has 0 bridgehead atoms. The van der Waals surface area contributed by atoms with Gasteiger partial charge in [0.25, 0.3) is 0 Å². The molecule has 0 radical (unpaired) electrons. The highest BCUT2D eigenvalue weighted by Gasteiger charge is 2.47. The van der Waals surface area contributed by atoms with Gasteiger partial charge in [0.15, 0.2) is 0 Å². The zero-order valence-electron chi connectivity index (χ0n) is 35.3. The third-order valence-electron chi connectivity index (χ3n) is 13.3. The van der Waals surface area contributed by atoms with E-state index in [2.05, 4.69) is 266 Å². The standard InChI is InChI=1S/C63H43N/c1-4-18-44(19-5-1)45-38-40-52(41-39-45)64(61-33-17-32-60-62(61)57-30-14-15-31-59(57)63(60,50-22-6-2-7-23-50)51-24-8-3-9-25-51)53-26-16-21-48(42-53)46-34-36-47(37-35-46)58-43-49-20-10-11-27-54(49)55-28-12-13-29-56(55)58/h1-43H. The van der Waals surface area contributed by atoms with E-state index in [-0.39, 0.29) is 0 Å². The van der Waals surface area contributed by atoms with Crippen molar-refractivity contribution in [1.82, 2.24) is 0 Å². The van der Waals surface area contributed by atoms with Gasteiger partial charge in [-0.25, -0.2) is 0 Å².